The SMILES string of the molecule is O=C1CC[C@H](C(=O)N2CC(Oc3cccc(Cl)c3)C2)NC(=O)N1. The number of hydrogen-bond donors (Lipinski definition) is 2. The fraction of sp³-hybridized carbons (Fsp3) is 0.400. The van der Waals surface area contributed by atoms with E-state index in [2.05, 4.69) is 10.6 Å². The summed E-state index contributed by atoms with van der Waals surface area (Å²) < 4.78 is 5.73. The highest BCUT2D eigenvalue weighted by molar-refractivity contribution is 6.30. The van der Waals surface area contributed by atoms with Crippen LogP contribution in [0.15, 0.2) is 24.3 Å². The van der Waals surface area contributed by atoms with Gasteiger partial charge in [0, 0.05) is 11.4 Å². The molecule has 8 heteroatoms. The molecule has 1 aromatic carbocycles. The quantitative estimate of drug-likeness (QED) is 0.858. The molecule has 23 heavy (non-hydrogen) atoms. The van der Waals surface area contributed by atoms with E-state index in [1.807, 2.05) is 0 Å². The monoisotopic (exact) mass is 337 g/mol. The van der Waals surface area contributed by atoms with E-state index in [4.69, 9.17) is 16.3 Å². The maximum atomic E-state index is 12.3. The van der Waals surface area contributed by atoms with Crippen molar-refractivity contribution in [3.8, 4) is 5.75 Å². The van der Waals surface area contributed by atoms with E-state index in [1.165, 1.54) is 0 Å². The standard InChI is InChI=1S/C15H16ClN3O4/c16-9-2-1-3-10(6-9)23-11-7-19(8-11)14(21)12-4-5-13(20)18-15(22)17-12/h1-3,6,11-12H,4-5,7-8H2,(H2,17,18,20,22)/t12-/m1/s1. The molecule has 0 bridgehead atoms. The Balaban J connectivity index is 1.51. The van der Waals surface area contributed by atoms with Crippen molar-refractivity contribution in [2.75, 3.05) is 13.1 Å². The normalized spacial score (nSPS) is 21.8. The molecule has 1 atom stereocenters. The maximum Gasteiger partial charge on any atom is 0.322 e. The molecule has 2 fully saturated rings. The molecule has 1 aromatic rings. The molecule has 0 radical (unpaired) electrons. The van der Waals surface area contributed by atoms with Crippen LogP contribution in [0, 0.1) is 0 Å². The highest BCUT2D eigenvalue weighted by Crippen LogP contribution is 2.22. The Hall–Kier alpha value is -2.28. The third-order valence-corrected chi connectivity index (χ3v) is 4.01. The van der Waals surface area contributed by atoms with Gasteiger partial charge in [-0.1, -0.05) is 17.7 Å². The number of carbonyl (C=O) groups excluding carboxylic acids is 3. The number of benzene rings is 1. The molecule has 0 spiro atoms. The molecule has 3 rings (SSSR count). The van der Waals surface area contributed by atoms with Gasteiger partial charge in [0.25, 0.3) is 0 Å². The summed E-state index contributed by atoms with van der Waals surface area (Å²) in [6.45, 7) is 0.887. The van der Waals surface area contributed by atoms with Crippen molar-refractivity contribution in [2.24, 2.45) is 0 Å². The third-order valence-electron chi connectivity index (χ3n) is 3.77. The number of amides is 4. The number of hydrogen-bond acceptors (Lipinski definition) is 4. The number of ether oxygens (including phenoxy) is 1. The summed E-state index contributed by atoms with van der Waals surface area (Å²) in [5, 5.41) is 5.25. The minimum absolute atomic E-state index is 0.0985. The predicted molar refractivity (Wildman–Crippen MR) is 82.1 cm³/mol. The van der Waals surface area contributed by atoms with Crippen molar-refractivity contribution < 1.29 is 19.1 Å². The molecule has 2 saturated heterocycles. The second kappa shape index (κ2) is 6.45. The van der Waals surface area contributed by atoms with Crippen LogP contribution in [-0.2, 0) is 9.59 Å². The molecule has 0 aromatic heterocycles. The van der Waals surface area contributed by atoms with E-state index in [1.54, 1.807) is 29.2 Å². The van der Waals surface area contributed by atoms with Crippen molar-refractivity contribution in [2.45, 2.75) is 25.0 Å². The lowest BCUT2D eigenvalue weighted by Gasteiger charge is -2.40. The van der Waals surface area contributed by atoms with E-state index in [9.17, 15) is 14.4 Å². The summed E-state index contributed by atoms with van der Waals surface area (Å²) in [4.78, 5) is 36.6. The van der Waals surface area contributed by atoms with Crippen LogP contribution in [0.5, 0.6) is 5.75 Å². The second-order valence-corrected chi connectivity index (χ2v) is 5.99. The molecule has 7 nitrogen and oxygen atoms in total. The molecule has 2 heterocycles. The number of nitrogens with one attached hydrogen (secondary N) is 2. The third kappa shape index (κ3) is 3.73. The zero-order chi connectivity index (χ0) is 16.4. The Morgan fingerprint density at radius 3 is 2.83 bits per heavy atom. The minimum atomic E-state index is -0.673. The molecule has 2 aliphatic rings. The van der Waals surface area contributed by atoms with Crippen LogP contribution in [0.1, 0.15) is 12.8 Å². The van der Waals surface area contributed by atoms with Crippen LogP contribution in [0.25, 0.3) is 0 Å². The average Bonchev–Trinajstić information content (AvgIpc) is 2.62. The number of urea groups is 1. The minimum Gasteiger partial charge on any atom is -0.487 e. The van der Waals surface area contributed by atoms with Crippen molar-refractivity contribution in [3.05, 3.63) is 29.3 Å². The number of nitrogens with zero attached hydrogens (tertiary/aromatic N) is 1. The van der Waals surface area contributed by atoms with Crippen LogP contribution in [0.4, 0.5) is 4.79 Å². The average molecular weight is 338 g/mol. The molecule has 0 aliphatic carbocycles. The summed E-state index contributed by atoms with van der Waals surface area (Å²) in [5.41, 5.74) is 0. The zero-order valence-electron chi connectivity index (χ0n) is 12.3. The first-order valence-electron chi connectivity index (χ1n) is 7.32. The maximum absolute atomic E-state index is 12.3. The summed E-state index contributed by atoms with van der Waals surface area (Å²) in [6.07, 6.45) is 0.344. The first kappa shape index (κ1) is 15.6. The molecular weight excluding hydrogens is 322 g/mol. The lowest BCUT2D eigenvalue weighted by Crippen LogP contribution is -2.61. The van der Waals surface area contributed by atoms with E-state index in [0.29, 0.717) is 30.3 Å². The van der Waals surface area contributed by atoms with Gasteiger partial charge in [0.05, 0.1) is 13.1 Å². The van der Waals surface area contributed by atoms with Gasteiger partial charge in [-0.25, -0.2) is 4.79 Å². The second-order valence-electron chi connectivity index (χ2n) is 5.55. The van der Waals surface area contributed by atoms with Crippen molar-refractivity contribution in [1.82, 2.24) is 15.5 Å². The van der Waals surface area contributed by atoms with Gasteiger partial charge in [0.1, 0.15) is 17.9 Å². The first-order chi connectivity index (χ1) is 11.0. The topological polar surface area (TPSA) is 87.7 Å². The molecule has 122 valence electrons. The fourth-order valence-corrected chi connectivity index (χ4v) is 2.74. The molecule has 2 aliphatic heterocycles. The molecular formula is C15H16ClN3O4. The smallest absolute Gasteiger partial charge is 0.322 e. The van der Waals surface area contributed by atoms with Crippen LogP contribution in [-0.4, -0.2) is 48.0 Å². The molecule has 0 unspecified atom stereocenters. The lowest BCUT2D eigenvalue weighted by atomic mass is 10.1. The van der Waals surface area contributed by atoms with Crippen molar-refractivity contribution in [3.63, 3.8) is 0 Å². The molecule has 0 saturated carbocycles. The van der Waals surface area contributed by atoms with Gasteiger partial charge < -0.3 is 15.0 Å². The highest BCUT2D eigenvalue weighted by atomic mass is 35.5. The van der Waals surface area contributed by atoms with Gasteiger partial charge in [-0.15, -0.1) is 0 Å². The van der Waals surface area contributed by atoms with Crippen LogP contribution in [0.2, 0.25) is 5.02 Å². The fourth-order valence-electron chi connectivity index (χ4n) is 2.56. The summed E-state index contributed by atoms with van der Waals surface area (Å²) in [5.74, 6) is 0.0940. The number of imide groups is 1. The van der Waals surface area contributed by atoms with Crippen LogP contribution >= 0.6 is 11.6 Å². The van der Waals surface area contributed by atoms with Gasteiger partial charge >= 0.3 is 6.03 Å². The van der Waals surface area contributed by atoms with E-state index >= 15 is 0 Å². The van der Waals surface area contributed by atoms with Crippen molar-refractivity contribution >= 4 is 29.4 Å². The Bertz CT molecular complexity index is 645. The Kier molecular flexibility index (Phi) is 4.38. The Morgan fingerprint density at radius 1 is 1.30 bits per heavy atom. The predicted octanol–water partition coefficient (Wildman–Crippen LogP) is 0.918. The molecule has 2 N–H and O–H groups in total. The number of halogens is 1. The number of rotatable bonds is 3. The van der Waals surface area contributed by atoms with Crippen molar-refractivity contribution in [1.29, 1.82) is 0 Å². The summed E-state index contributed by atoms with van der Waals surface area (Å²) >= 11 is 5.89. The van der Waals surface area contributed by atoms with E-state index < -0.39 is 12.1 Å². The van der Waals surface area contributed by atoms with Gasteiger partial charge in [-0.05, 0) is 24.6 Å². The van der Waals surface area contributed by atoms with Crippen LogP contribution in [0.3, 0.4) is 0 Å². The summed E-state index contributed by atoms with van der Waals surface area (Å²) in [7, 11) is 0. The summed E-state index contributed by atoms with van der Waals surface area (Å²) in [6, 6.07) is 5.78. The highest BCUT2D eigenvalue weighted by Gasteiger charge is 2.37. The van der Waals surface area contributed by atoms with Crippen LogP contribution < -0.4 is 15.4 Å². The lowest BCUT2D eigenvalue weighted by molar-refractivity contribution is -0.142. The van der Waals surface area contributed by atoms with E-state index in [-0.39, 0.29) is 24.3 Å². The Morgan fingerprint density at radius 2 is 2.09 bits per heavy atom. The zero-order valence-corrected chi connectivity index (χ0v) is 13.0. The van der Waals surface area contributed by atoms with E-state index in [0.717, 1.165) is 0 Å². The molecule has 4 amide bonds. The van der Waals surface area contributed by atoms with Gasteiger partial charge in [0.15, 0.2) is 0 Å². The van der Waals surface area contributed by atoms with Gasteiger partial charge in [-0.3, -0.25) is 14.9 Å². The largest absolute Gasteiger partial charge is 0.487 e. The first-order valence-corrected chi connectivity index (χ1v) is 7.70. The van der Waals surface area contributed by atoms with Gasteiger partial charge in [-0.2, -0.15) is 0 Å². The van der Waals surface area contributed by atoms with Gasteiger partial charge in [0.2, 0.25) is 11.8 Å². The number of carbonyl (C=O) groups is 3. The Labute approximate surface area is 137 Å². The number of likely N-dealkylation sites (tertiary alicyclic amines) is 1.